The van der Waals surface area contributed by atoms with Crippen LogP contribution in [-0.2, 0) is 11.3 Å². The summed E-state index contributed by atoms with van der Waals surface area (Å²) in [5, 5.41) is 6.85. The monoisotopic (exact) mass is 499 g/mol. The minimum absolute atomic E-state index is 0.0306. The summed E-state index contributed by atoms with van der Waals surface area (Å²) in [6.07, 6.45) is -1.18. The lowest BCUT2D eigenvalue weighted by molar-refractivity contribution is -0.0731. The number of likely N-dealkylation sites (tertiary alicyclic amines) is 1. The number of para-hydroxylation sites is 2. The third-order valence-corrected chi connectivity index (χ3v) is 7.13. The van der Waals surface area contributed by atoms with Gasteiger partial charge in [0.25, 0.3) is 5.89 Å². The summed E-state index contributed by atoms with van der Waals surface area (Å²) in [6, 6.07) is 12.3. The smallest absolute Gasteiger partial charge is 0.329 e. The van der Waals surface area contributed by atoms with E-state index in [1.54, 1.807) is 4.57 Å². The fraction of sp³-hybridized carbons (Fsp3) is 0.400. The van der Waals surface area contributed by atoms with Crippen LogP contribution in [0.2, 0.25) is 0 Å². The van der Waals surface area contributed by atoms with Gasteiger partial charge >= 0.3 is 12.1 Å². The zero-order valence-electron chi connectivity index (χ0n) is 19.3. The maximum atomic E-state index is 15.1. The number of aromatic nitrogens is 4. The Morgan fingerprint density at radius 2 is 1.75 bits per heavy atom. The number of alkyl halides is 2. The van der Waals surface area contributed by atoms with Crippen molar-refractivity contribution in [1.29, 1.82) is 0 Å². The Kier molecular flexibility index (Phi) is 5.88. The zero-order valence-corrected chi connectivity index (χ0v) is 19.3. The topological polar surface area (TPSA) is 78.3 Å². The first-order valence-electron chi connectivity index (χ1n) is 11.9. The van der Waals surface area contributed by atoms with Crippen molar-refractivity contribution in [3.63, 3.8) is 0 Å². The van der Waals surface area contributed by atoms with E-state index in [0.29, 0.717) is 6.04 Å². The number of piperidine rings is 1. The van der Waals surface area contributed by atoms with Crippen LogP contribution >= 0.6 is 0 Å². The average Bonchev–Trinajstić information content (AvgIpc) is 3.44. The Balaban J connectivity index is 1.28. The van der Waals surface area contributed by atoms with Gasteiger partial charge in [-0.1, -0.05) is 18.2 Å². The lowest BCUT2D eigenvalue weighted by Crippen LogP contribution is -2.52. The van der Waals surface area contributed by atoms with E-state index in [0.717, 1.165) is 56.2 Å². The van der Waals surface area contributed by atoms with Crippen molar-refractivity contribution in [2.24, 2.45) is 0 Å². The van der Waals surface area contributed by atoms with Crippen molar-refractivity contribution in [3.05, 3.63) is 70.2 Å². The van der Waals surface area contributed by atoms with E-state index in [4.69, 9.17) is 9.15 Å². The van der Waals surface area contributed by atoms with Gasteiger partial charge in [0.1, 0.15) is 5.82 Å². The molecule has 0 bridgehead atoms. The Bertz CT molecular complexity index is 1450. The summed E-state index contributed by atoms with van der Waals surface area (Å²) in [5.74, 6) is -1.60. The molecular formula is C25H24F3N5O3. The standard InChI is InChI=1S/C25H24F3N5O3/c26-19-11-15(23-29-30-24(36-23)22(27)28)5-6-16(19)12-32-20-3-1-2-4-21(20)33(25(32)34)17-7-9-31(10-8-17)18-13-35-14-18/h1-6,11,17-18,22H,7-10,12-14H2. The maximum absolute atomic E-state index is 15.1. The van der Waals surface area contributed by atoms with Gasteiger partial charge in [-0.25, -0.2) is 9.18 Å². The summed E-state index contributed by atoms with van der Waals surface area (Å²) in [5.41, 5.74) is 1.87. The summed E-state index contributed by atoms with van der Waals surface area (Å²) in [7, 11) is 0. The molecule has 2 fully saturated rings. The van der Waals surface area contributed by atoms with Gasteiger partial charge in [0, 0.05) is 30.3 Å². The summed E-state index contributed by atoms with van der Waals surface area (Å²) in [4.78, 5) is 16.0. The molecule has 0 radical (unpaired) electrons. The fourth-order valence-corrected chi connectivity index (χ4v) is 5.10. The first kappa shape index (κ1) is 23.0. The number of benzene rings is 2. The molecule has 2 aliphatic rings. The van der Waals surface area contributed by atoms with Gasteiger partial charge in [-0.15, -0.1) is 10.2 Å². The van der Waals surface area contributed by atoms with Crippen molar-refractivity contribution in [3.8, 4) is 11.5 Å². The van der Waals surface area contributed by atoms with Gasteiger partial charge in [0.15, 0.2) is 0 Å². The van der Waals surface area contributed by atoms with Gasteiger partial charge in [-0.05, 0) is 37.1 Å². The van der Waals surface area contributed by atoms with E-state index in [-0.39, 0.29) is 35.3 Å². The fourth-order valence-electron chi connectivity index (χ4n) is 5.10. The number of rotatable bonds is 6. The molecule has 0 unspecified atom stereocenters. The minimum Gasteiger partial charge on any atom is -0.415 e. The number of fused-ring (bicyclic) bond motifs is 1. The Labute approximate surface area is 203 Å². The van der Waals surface area contributed by atoms with E-state index in [2.05, 4.69) is 15.1 Å². The highest BCUT2D eigenvalue weighted by atomic mass is 19.3. The molecule has 4 aromatic rings. The molecule has 36 heavy (non-hydrogen) atoms. The van der Waals surface area contributed by atoms with Crippen molar-refractivity contribution >= 4 is 11.0 Å². The molecule has 2 saturated heterocycles. The molecule has 11 heteroatoms. The molecule has 0 atom stereocenters. The van der Waals surface area contributed by atoms with Crippen molar-refractivity contribution in [1.82, 2.24) is 24.2 Å². The average molecular weight is 499 g/mol. The summed E-state index contributed by atoms with van der Waals surface area (Å²) < 4.78 is 54.2. The second-order valence-electron chi connectivity index (χ2n) is 9.24. The number of ether oxygens (including phenoxy) is 1. The molecule has 0 saturated carbocycles. The van der Waals surface area contributed by atoms with E-state index >= 15 is 4.39 Å². The number of imidazole rings is 1. The first-order chi connectivity index (χ1) is 17.5. The van der Waals surface area contributed by atoms with E-state index in [9.17, 15) is 13.6 Å². The zero-order chi connectivity index (χ0) is 24.8. The van der Waals surface area contributed by atoms with Gasteiger partial charge in [0.2, 0.25) is 5.89 Å². The van der Waals surface area contributed by atoms with Gasteiger partial charge in [-0.3, -0.25) is 14.0 Å². The van der Waals surface area contributed by atoms with Crippen molar-refractivity contribution in [2.75, 3.05) is 26.3 Å². The molecule has 4 heterocycles. The van der Waals surface area contributed by atoms with E-state index in [1.807, 2.05) is 28.8 Å². The minimum atomic E-state index is -2.90. The normalized spacial score (nSPS) is 17.8. The molecule has 2 aliphatic heterocycles. The molecule has 0 N–H and O–H groups in total. The van der Waals surface area contributed by atoms with E-state index < -0.39 is 18.1 Å². The van der Waals surface area contributed by atoms with Crippen LogP contribution in [0, 0.1) is 5.82 Å². The summed E-state index contributed by atoms with van der Waals surface area (Å²) >= 11 is 0. The molecule has 8 nitrogen and oxygen atoms in total. The van der Waals surface area contributed by atoms with Crippen molar-refractivity contribution < 1.29 is 22.3 Å². The van der Waals surface area contributed by atoms with Gasteiger partial charge in [0.05, 0.1) is 36.8 Å². The molecule has 2 aromatic heterocycles. The van der Waals surface area contributed by atoms with E-state index in [1.165, 1.54) is 12.1 Å². The second-order valence-corrected chi connectivity index (χ2v) is 9.24. The quantitative estimate of drug-likeness (QED) is 0.399. The third-order valence-electron chi connectivity index (χ3n) is 7.13. The number of nitrogens with zero attached hydrogens (tertiary/aromatic N) is 5. The van der Waals surface area contributed by atoms with Crippen LogP contribution in [0.4, 0.5) is 13.2 Å². The SMILES string of the molecule is O=c1n(Cc2ccc(-c3nnc(C(F)F)o3)cc2F)c2ccccc2n1C1CCN(C2COC2)CC1. The molecule has 2 aromatic carbocycles. The lowest BCUT2D eigenvalue weighted by atomic mass is 10.0. The van der Waals surface area contributed by atoms with Crippen molar-refractivity contribution in [2.45, 2.75) is 37.9 Å². The third kappa shape index (κ3) is 4.01. The van der Waals surface area contributed by atoms with Gasteiger partial charge in [-0.2, -0.15) is 8.78 Å². The second kappa shape index (κ2) is 9.21. The molecule has 6 rings (SSSR count). The van der Waals surface area contributed by atoms with Crippen LogP contribution < -0.4 is 5.69 Å². The molecule has 0 spiro atoms. The molecular weight excluding hydrogens is 475 g/mol. The molecule has 0 amide bonds. The largest absolute Gasteiger partial charge is 0.415 e. The van der Waals surface area contributed by atoms with Crippen LogP contribution in [0.1, 0.15) is 36.8 Å². The van der Waals surface area contributed by atoms with Gasteiger partial charge < -0.3 is 9.15 Å². The van der Waals surface area contributed by atoms with Crippen LogP contribution in [-0.4, -0.2) is 56.6 Å². The highest BCUT2D eigenvalue weighted by molar-refractivity contribution is 5.76. The van der Waals surface area contributed by atoms with Crippen LogP contribution in [0.5, 0.6) is 0 Å². The highest BCUT2D eigenvalue weighted by Gasteiger charge is 2.31. The van der Waals surface area contributed by atoms with Crippen LogP contribution in [0.15, 0.2) is 51.7 Å². The predicted molar refractivity (Wildman–Crippen MR) is 124 cm³/mol. The highest BCUT2D eigenvalue weighted by Crippen LogP contribution is 2.29. The number of hydrogen-bond acceptors (Lipinski definition) is 6. The summed E-state index contributed by atoms with van der Waals surface area (Å²) in [6.45, 7) is 3.39. The Morgan fingerprint density at radius 3 is 2.39 bits per heavy atom. The predicted octanol–water partition coefficient (Wildman–Crippen LogP) is 4.01. The molecule has 188 valence electrons. The Morgan fingerprint density at radius 1 is 1.00 bits per heavy atom. The first-order valence-corrected chi connectivity index (χ1v) is 11.9. The lowest BCUT2D eigenvalue weighted by Gasteiger charge is -2.41. The Hall–Kier alpha value is -3.44. The van der Waals surface area contributed by atoms with Crippen LogP contribution in [0.25, 0.3) is 22.5 Å². The maximum Gasteiger partial charge on any atom is 0.329 e. The molecule has 0 aliphatic carbocycles. The number of halogens is 3. The van der Waals surface area contributed by atoms with Crippen LogP contribution in [0.3, 0.4) is 0 Å². The number of hydrogen-bond donors (Lipinski definition) is 0.